The molecule has 5 rings (SSSR count). The van der Waals surface area contributed by atoms with E-state index in [1.807, 2.05) is 20.8 Å². The standard InChI is InChI=1S/C32H31ClF5N7O/c1-30(2,3)16-42-25-17(13-39)14-41-26-22(25)11-18(12-23(26)33)44-27(24(40)15-43-31(8-9-31)32(36,37)38)20-5-4-6-21-19(20)7-10-45(28(21)46)29(34)35/h4-7,10-12,14-15,27,29,43-44H,8-9,16,40H2,1-3H3,(H,41,42)/b24-15-/t27-/m0/s1. The van der Waals surface area contributed by atoms with Crippen molar-refractivity contribution < 1.29 is 22.0 Å². The summed E-state index contributed by atoms with van der Waals surface area (Å²) >= 11 is 6.66. The van der Waals surface area contributed by atoms with E-state index in [0.29, 0.717) is 34.4 Å². The van der Waals surface area contributed by atoms with Crippen molar-refractivity contribution in [3.8, 4) is 6.07 Å². The first kappa shape index (κ1) is 32.8. The van der Waals surface area contributed by atoms with E-state index in [2.05, 4.69) is 27.0 Å². The summed E-state index contributed by atoms with van der Waals surface area (Å²) in [6.45, 7) is 3.50. The van der Waals surface area contributed by atoms with E-state index in [1.54, 1.807) is 18.2 Å². The first-order chi connectivity index (χ1) is 21.5. The van der Waals surface area contributed by atoms with Crippen LogP contribution in [0.5, 0.6) is 0 Å². The summed E-state index contributed by atoms with van der Waals surface area (Å²) in [6.07, 6.45) is -1.33. The lowest BCUT2D eigenvalue weighted by Gasteiger charge is -2.25. The molecular formula is C32H31ClF5N7O. The number of nitrogens with zero attached hydrogens (tertiary/aromatic N) is 3. The maximum absolute atomic E-state index is 13.7. The SMILES string of the molecule is CC(C)(C)CNc1c(C#N)cnc2c(Cl)cc(N[C@H](/C(N)=C/NC3(C(F)(F)F)CC3)c3cccc4c(=O)n(C(F)F)ccc34)cc12. The van der Waals surface area contributed by atoms with E-state index in [-0.39, 0.29) is 49.9 Å². The highest BCUT2D eigenvalue weighted by molar-refractivity contribution is 6.35. The van der Waals surface area contributed by atoms with Crippen LogP contribution in [0.2, 0.25) is 5.02 Å². The molecule has 8 nitrogen and oxygen atoms in total. The molecule has 14 heteroatoms. The van der Waals surface area contributed by atoms with Crippen LogP contribution in [0.25, 0.3) is 21.7 Å². The number of fused-ring (bicyclic) bond motifs is 2. The third-order valence-electron chi connectivity index (χ3n) is 7.82. The molecule has 1 saturated carbocycles. The third-order valence-corrected chi connectivity index (χ3v) is 8.11. The Morgan fingerprint density at radius 1 is 1.17 bits per heavy atom. The summed E-state index contributed by atoms with van der Waals surface area (Å²) in [7, 11) is 0. The molecule has 0 radical (unpaired) electrons. The van der Waals surface area contributed by atoms with Crippen LogP contribution >= 0.6 is 11.6 Å². The van der Waals surface area contributed by atoms with E-state index < -0.39 is 29.9 Å². The van der Waals surface area contributed by atoms with Gasteiger partial charge in [-0.2, -0.15) is 27.2 Å². The van der Waals surface area contributed by atoms with Gasteiger partial charge < -0.3 is 21.7 Å². The molecule has 242 valence electrons. The number of hydrogen-bond acceptors (Lipinski definition) is 7. The summed E-state index contributed by atoms with van der Waals surface area (Å²) in [4.78, 5) is 17.2. The van der Waals surface area contributed by atoms with E-state index in [4.69, 9.17) is 17.3 Å². The number of benzene rings is 2. The van der Waals surface area contributed by atoms with Gasteiger partial charge in [-0.25, -0.2) is 0 Å². The van der Waals surface area contributed by atoms with Gasteiger partial charge in [-0.3, -0.25) is 14.3 Å². The molecule has 1 fully saturated rings. The molecule has 0 spiro atoms. The van der Waals surface area contributed by atoms with Gasteiger partial charge in [0.25, 0.3) is 5.56 Å². The second kappa shape index (κ2) is 12.0. The first-order valence-corrected chi connectivity index (χ1v) is 14.7. The van der Waals surface area contributed by atoms with Crippen LogP contribution in [0.1, 0.15) is 57.3 Å². The minimum atomic E-state index is -4.51. The fourth-order valence-corrected chi connectivity index (χ4v) is 5.41. The quantitative estimate of drug-likeness (QED) is 0.137. The van der Waals surface area contributed by atoms with Crippen LogP contribution < -0.4 is 27.2 Å². The van der Waals surface area contributed by atoms with Gasteiger partial charge in [-0.1, -0.05) is 44.5 Å². The van der Waals surface area contributed by atoms with Crippen LogP contribution in [0.3, 0.4) is 0 Å². The second-order valence-corrected chi connectivity index (χ2v) is 12.9. The third kappa shape index (κ3) is 6.39. The highest BCUT2D eigenvalue weighted by atomic mass is 35.5. The van der Waals surface area contributed by atoms with Gasteiger partial charge in [-0.15, -0.1) is 0 Å². The molecule has 0 unspecified atom stereocenters. The zero-order valence-corrected chi connectivity index (χ0v) is 25.8. The summed E-state index contributed by atoms with van der Waals surface area (Å²) in [5, 5.41) is 19.7. The topological polar surface area (TPSA) is 121 Å². The van der Waals surface area contributed by atoms with Crippen molar-refractivity contribution in [3.05, 3.63) is 87.2 Å². The van der Waals surface area contributed by atoms with Crippen molar-refractivity contribution in [1.29, 1.82) is 5.26 Å². The molecule has 0 aliphatic heterocycles. The van der Waals surface area contributed by atoms with Crippen molar-refractivity contribution in [1.82, 2.24) is 14.9 Å². The fourth-order valence-electron chi connectivity index (χ4n) is 5.14. The number of nitriles is 1. The zero-order valence-electron chi connectivity index (χ0n) is 25.1. The minimum Gasteiger partial charge on any atom is -0.399 e. The number of rotatable bonds is 9. The van der Waals surface area contributed by atoms with E-state index >= 15 is 0 Å². The van der Waals surface area contributed by atoms with Crippen LogP contribution in [0, 0.1) is 16.7 Å². The average molecular weight is 660 g/mol. The Hall–Kier alpha value is -4.57. The van der Waals surface area contributed by atoms with Gasteiger partial charge >= 0.3 is 12.7 Å². The van der Waals surface area contributed by atoms with Crippen molar-refractivity contribution >= 4 is 44.7 Å². The lowest BCUT2D eigenvalue weighted by Crippen LogP contribution is -2.42. The van der Waals surface area contributed by atoms with E-state index in [0.717, 1.165) is 12.4 Å². The molecule has 5 N–H and O–H groups in total. The van der Waals surface area contributed by atoms with Gasteiger partial charge in [0.2, 0.25) is 0 Å². The molecule has 1 aliphatic carbocycles. The predicted octanol–water partition coefficient (Wildman–Crippen LogP) is 7.57. The maximum atomic E-state index is 13.7. The Kier molecular flexibility index (Phi) is 8.55. The molecule has 4 aromatic rings. The normalized spacial score (nSPS) is 15.5. The van der Waals surface area contributed by atoms with E-state index in [1.165, 1.54) is 24.4 Å². The Bertz CT molecular complexity index is 1940. The molecule has 1 atom stereocenters. The molecule has 2 aromatic heterocycles. The minimum absolute atomic E-state index is 0.0325. The number of hydrogen-bond donors (Lipinski definition) is 4. The number of pyridine rings is 2. The van der Waals surface area contributed by atoms with Crippen molar-refractivity contribution in [3.63, 3.8) is 0 Å². The van der Waals surface area contributed by atoms with Crippen LogP contribution in [0.4, 0.5) is 33.3 Å². The number of aromatic nitrogens is 2. The predicted molar refractivity (Wildman–Crippen MR) is 169 cm³/mol. The van der Waals surface area contributed by atoms with Crippen LogP contribution in [-0.4, -0.2) is 27.8 Å². The lowest BCUT2D eigenvalue weighted by molar-refractivity contribution is -0.163. The Morgan fingerprint density at radius 3 is 2.50 bits per heavy atom. The molecule has 0 saturated heterocycles. The molecular weight excluding hydrogens is 629 g/mol. The van der Waals surface area contributed by atoms with Gasteiger partial charge in [0.1, 0.15) is 11.6 Å². The van der Waals surface area contributed by atoms with Crippen molar-refractivity contribution in [2.24, 2.45) is 11.1 Å². The summed E-state index contributed by atoms with van der Waals surface area (Å²) in [6, 6.07) is 10.1. The van der Waals surface area contributed by atoms with Crippen LogP contribution in [0.15, 0.2) is 65.5 Å². The molecule has 2 aromatic carbocycles. The van der Waals surface area contributed by atoms with Crippen LogP contribution in [-0.2, 0) is 0 Å². The Labute approximate surface area is 266 Å². The molecule has 2 heterocycles. The lowest BCUT2D eigenvalue weighted by atomic mass is 9.96. The number of halogens is 6. The van der Waals surface area contributed by atoms with Crippen molar-refractivity contribution in [2.45, 2.75) is 57.9 Å². The van der Waals surface area contributed by atoms with Gasteiger partial charge in [0.05, 0.1) is 33.5 Å². The first-order valence-electron chi connectivity index (χ1n) is 14.3. The van der Waals surface area contributed by atoms with Gasteiger partial charge in [0, 0.05) is 41.6 Å². The summed E-state index contributed by atoms with van der Waals surface area (Å²) in [5.74, 6) is 0. The maximum Gasteiger partial charge on any atom is 0.411 e. The molecule has 46 heavy (non-hydrogen) atoms. The van der Waals surface area contributed by atoms with Gasteiger partial charge in [-0.05, 0) is 53.5 Å². The molecule has 0 bridgehead atoms. The summed E-state index contributed by atoms with van der Waals surface area (Å²) in [5.41, 5.74) is 5.08. The number of alkyl halides is 5. The van der Waals surface area contributed by atoms with Gasteiger partial charge in [0.15, 0.2) is 0 Å². The Morgan fingerprint density at radius 2 is 1.89 bits per heavy atom. The molecule has 1 aliphatic rings. The van der Waals surface area contributed by atoms with Crippen molar-refractivity contribution in [2.75, 3.05) is 17.2 Å². The average Bonchev–Trinajstić information content (AvgIpc) is 3.78. The number of nitrogens with two attached hydrogens (primary N) is 1. The highest BCUT2D eigenvalue weighted by Gasteiger charge is 2.63. The number of anilines is 2. The largest absolute Gasteiger partial charge is 0.411 e. The monoisotopic (exact) mass is 659 g/mol. The fraction of sp³-hybridized carbons (Fsp3) is 0.344. The zero-order chi connectivity index (χ0) is 33.6. The smallest absolute Gasteiger partial charge is 0.399 e. The second-order valence-electron chi connectivity index (χ2n) is 12.5. The molecule has 0 amide bonds. The summed E-state index contributed by atoms with van der Waals surface area (Å²) < 4.78 is 68.4. The Balaban J connectivity index is 1.65. The number of nitrogens with one attached hydrogen (secondary N) is 3. The highest BCUT2D eigenvalue weighted by Crippen LogP contribution is 2.49. The van der Waals surface area contributed by atoms with E-state index in [9.17, 15) is 32.0 Å².